The summed E-state index contributed by atoms with van der Waals surface area (Å²) < 4.78 is 2.21. The number of amides is 2. The van der Waals surface area contributed by atoms with Crippen LogP contribution in [0.5, 0.6) is 0 Å². The van der Waals surface area contributed by atoms with Gasteiger partial charge >= 0.3 is 0 Å². The van der Waals surface area contributed by atoms with Crippen LogP contribution in [0.25, 0.3) is 0 Å². The molecule has 0 atom stereocenters. The first-order valence-electron chi connectivity index (χ1n) is 11.6. The van der Waals surface area contributed by atoms with E-state index in [1.54, 1.807) is 4.90 Å². The summed E-state index contributed by atoms with van der Waals surface area (Å²) in [5.41, 5.74) is 3.61. The molecule has 2 rings (SSSR count). The average molecular weight is 426 g/mol. The minimum absolute atomic E-state index is 0.0270. The summed E-state index contributed by atoms with van der Waals surface area (Å²) in [6, 6.07) is 12.6. The standard InChI is InChI=1S/C26H39N3O2/c1-6-8-14-28(26(31)20-29(17-21(3)4)25(30)7-2)19-24-13-10-15-27(24)18-23-12-9-11-22(5)16-23/h9-13,15-16,21H,6-8,14,17-20H2,1-5H3. The molecule has 0 aliphatic heterocycles. The molecule has 5 nitrogen and oxygen atoms in total. The Balaban J connectivity index is 2.14. The molecule has 0 N–H and O–H groups in total. The van der Waals surface area contributed by atoms with Gasteiger partial charge in [0.25, 0.3) is 0 Å². The zero-order valence-corrected chi connectivity index (χ0v) is 19.9. The maximum Gasteiger partial charge on any atom is 0.242 e. The Kier molecular flexibility index (Phi) is 9.83. The maximum atomic E-state index is 13.2. The van der Waals surface area contributed by atoms with Gasteiger partial charge in [-0.2, -0.15) is 0 Å². The van der Waals surface area contributed by atoms with Crippen LogP contribution < -0.4 is 0 Å². The predicted molar refractivity (Wildman–Crippen MR) is 127 cm³/mol. The van der Waals surface area contributed by atoms with Crippen molar-refractivity contribution in [3.05, 3.63) is 59.4 Å². The molecule has 0 unspecified atom stereocenters. The predicted octanol–water partition coefficient (Wildman–Crippen LogP) is 4.87. The van der Waals surface area contributed by atoms with Crippen molar-refractivity contribution >= 4 is 11.8 Å². The first-order valence-corrected chi connectivity index (χ1v) is 11.6. The van der Waals surface area contributed by atoms with E-state index in [0.717, 1.165) is 25.1 Å². The summed E-state index contributed by atoms with van der Waals surface area (Å²) in [4.78, 5) is 29.2. The summed E-state index contributed by atoms with van der Waals surface area (Å²) in [5.74, 6) is 0.401. The molecule has 0 aliphatic rings. The van der Waals surface area contributed by atoms with E-state index in [0.29, 0.717) is 32.0 Å². The van der Waals surface area contributed by atoms with Gasteiger partial charge < -0.3 is 14.4 Å². The number of benzene rings is 1. The van der Waals surface area contributed by atoms with Crippen molar-refractivity contribution in [2.75, 3.05) is 19.6 Å². The first kappa shape index (κ1) is 24.7. The number of carbonyl (C=O) groups is 2. The Hall–Kier alpha value is -2.56. The van der Waals surface area contributed by atoms with E-state index in [-0.39, 0.29) is 18.4 Å². The first-order chi connectivity index (χ1) is 14.8. The second-order valence-corrected chi connectivity index (χ2v) is 8.81. The molecule has 2 aromatic rings. The topological polar surface area (TPSA) is 45.6 Å². The summed E-state index contributed by atoms with van der Waals surface area (Å²) in [7, 11) is 0. The molecule has 0 saturated carbocycles. The highest BCUT2D eigenvalue weighted by molar-refractivity contribution is 5.84. The molecule has 1 aromatic carbocycles. The lowest BCUT2D eigenvalue weighted by atomic mass is 10.1. The van der Waals surface area contributed by atoms with Gasteiger partial charge in [0.2, 0.25) is 11.8 Å². The number of aryl methyl sites for hydroxylation is 1. The highest BCUT2D eigenvalue weighted by atomic mass is 16.2. The second kappa shape index (κ2) is 12.3. The Labute approximate surface area is 188 Å². The van der Waals surface area contributed by atoms with Gasteiger partial charge in [-0.1, -0.05) is 63.9 Å². The van der Waals surface area contributed by atoms with Crippen molar-refractivity contribution in [2.45, 2.75) is 67.0 Å². The smallest absolute Gasteiger partial charge is 0.242 e. The lowest BCUT2D eigenvalue weighted by molar-refractivity contribution is -0.141. The van der Waals surface area contributed by atoms with E-state index < -0.39 is 0 Å². The van der Waals surface area contributed by atoms with E-state index in [1.807, 2.05) is 17.9 Å². The van der Waals surface area contributed by atoms with Crippen LogP contribution in [0.15, 0.2) is 42.6 Å². The number of rotatable bonds is 12. The Morgan fingerprint density at radius 2 is 1.81 bits per heavy atom. The van der Waals surface area contributed by atoms with Crippen molar-refractivity contribution in [1.82, 2.24) is 14.4 Å². The van der Waals surface area contributed by atoms with E-state index in [4.69, 9.17) is 0 Å². The van der Waals surface area contributed by atoms with Crippen LogP contribution in [-0.2, 0) is 22.7 Å². The quantitative estimate of drug-likeness (QED) is 0.487. The van der Waals surface area contributed by atoms with Crippen LogP contribution in [-0.4, -0.2) is 45.8 Å². The average Bonchev–Trinajstić information content (AvgIpc) is 3.16. The van der Waals surface area contributed by atoms with Crippen molar-refractivity contribution in [3.63, 3.8) is 0 Å². The summed E-state index contributed by atoms with van der Waals surface area (Å²) in [5, 5.41) is 0. The molecule has 0 bridgehead atoms. The molecule has 0 radical (unpaired) electrons. The minimum Gasteiger partial charge on any atom is -0.345 e. The van der Waals surface area contributed by atoms with Gasteiger partial charge in [0.05, 0.1) is 13.1 Å². The summed E-state index contributed by atoms with van der Waals surface area (Å²) in [6.07, 6.45) is 4.48. The zero-order chi connectivity index (χ0) is 22.8. The Morgan fingerprint density at radius 1 is 1.03 bits per heavy atom. The van der Waals surface area contributed by atoms with E-state index in [1.165, 1.54) is 11.1 Å². The van der Waals surface area contributed by atoms with Gasteiger partial charge in [-0.05, 0) is 37.0 Å². The number of nitrogens with zero attached hydrogens (tertiary/aromatic N) is 3. The molecule has 0 aliphatic carbocycles. The monoisotopic (exact) mass is 425 g/mol. The third-order valence-electron chi connectivity index (χ3n) is 5.41. The molecule has 1 aromatic heterocycles. The fourth-order valence-electron chi connectivity index (χ4n) is 3.77. The fraction of sp³-hybridized carbons (Fsp3) is 0.538. The number of aromatic nitrogens is 1. The lowest BCUT2D eigenvalue weighted by Crippen LogP contribution is -2.44. The minimum atomic E-state index is 0.0270. The highest BCUT2D eigenvalue weighted by Gasteiger charge is 2.22. The molecular formula is C26H39N3O2. The van der Waals surface area contributed by atoms with Gasteiger partial charge in [0.1, 0.15) is 0 Å². The van der Waals surface area contributed by atoms with Crippen molar-refractivity contribution < 1.29 is 9.59 Å². The molecular weight excluding hydrogens is 386 g/mol. The fourth-order valence-corrected chi connectivity index (χ4v) is 3.77. The lowest BCUT2D eigenvalue weighted by Gasteiger charge is -2.29. The van der Waals surface area contributed by atoms with E-state index >= 15 is 0 Å². The van der Waals surface area contributed by atoms with Crippen molar-refractivity contribution in [2.24, 2.45) is 5.92 Å². The van der Waals surface area contributed by atoms with Crippen LogP contribution in [0, 0.1) is 12.8 Å². The SMILES string of the molecule is CCCCN(Cc1cccn1Cc1cccc(C)c1)C(=O)CN(CC(C)C)C(=O)CC. The third kappa shape index (κ3) is 7.89. The van der Waals surface area contributed by atoms with Gasteiger partial charge in [-0.3, -0.25) is 9.59 Å². The van der Waals surface area contributed by atoms with E-state index in [2.05, 4.69) is 68.8 Å². The van der Waals surface area contributed by atoms with Gasteiger partial charge in [0.15, 0.2) is 0 Å². The van der Waals surface area contributed by atoms with Crippen LogP contribution in [0.3, 0.4) is 0 Å². The Bertz CT molecular complexity index is 841. The maximum absolute atomic E-state index is 13.2. The van der Waals surface area contributed by atoms with Crippen LogP contribution in [0.2, 0.25) is 0 Å². The van der Waals surface area contributed by atoms with Crippen molar-refractivity contribution in [1.29, 1.82) is 0 Å². The molecule has 170 valence electrons. The molecule has 31 heavy (non-hydrogen) atoms. The third-order valence-corrected chi connectivity index (χ3v) is 5.41. The Morgan fingerprint density at radius 3 is 2.45 bits per heavy atom. The highest BCUT2D eigenvalue weighted by Crippen LogP contribution is 2.13. The van der Waals surface area contributed by atoms with Gasteiger partial charge in [-0.25, -0.2) is 0 Å². The van der Waals surface area contributed by atoms with Crippen LogP contribution >= 0.6 is 0 Å². The molecule has 0 saturated heterocycles. The van der Waals surface area contributed by atoms with Gasteiger partial charge in [-0.15, -0.1) is 0 Å². The van der Waals surface area contributed by atoms with Crippen LogP contribution in [0.1, 0.15) is 63.8 Å². The molecule has 0 fully saturated rings. The normalized spacial score (nSPS) is 11.0. The molecule has 2 amide bonds. The summed E-state index contributed by atoms with van der Waals surface area (Å²) >= 11 is 0. The largest absolute Gasteiger partial charge is 0.345 e. The molecule has 1 heterocycles. The van der Waals surface area contributed by atoms with Gasteiger partial charge in [0, 0.05) is 37.9 Å². The summed E-state index contributed by atoms with van der Waals surface area (Å²) in [6.45, 7) is 13.1. The van der Waals surface area contributed by atoms with E-state index in [9.17, 15) is 9.59 Å². The molecule has 0 spiro atoms. The van der Waals surface area contributed by atoms with Crippen molar-refractivity contribution in [3.8, 4) is 0 Å². The van der Waals surface area contributed by atoms with Crippen LogP contribution in [0.4, 0.5) is 0 Å². The second-order valence-electron chi connectivity index (χ2n) is 8.81. The zero-order valence-electron chi connectivity index (χ0n) is 19.9. The number of unbranched alkanes of at least 4 members (excludes halogenated alkanes) is 1. The number of hydrogen-bond donors (Lipinski definition) is 0. The number of hydrogen-bond acceptors (Lipinski definition) is 2. The molecule has 5 heteroatoms. The number of carbonyl (C=O) groups excluding carboxylic acids is 2.